The normalized spacial score (nSPS) is 11.9. The number of thiophene rings is 1. The zero-order valence-electron chi connectivity index (χ0n) is 9.96. The molecule has 2 aromatic heterocycles. The van der Waals surface area contributed by atoms with Crippen molar-refractivity contribution in [2.24, 2.45) is 0 Å². The summed E-state index contributed by atoms with van der Waals surface area (Å²) in [7, 11) is -2.38. The minimum atomic E-state index is -3.81. The van der Waals surface area contributed by atoms with Crippen LogP contribution in [0, 0.1) is 0 Å². The topological polar surface area (TPSA) is 70.2 Å². The molecule has 102 valence electrons. The lowest BCUT2D eigenvalue weighted by Gasteiger charge is -2.15. The van der Waals surface area contributed by atoms with Crippen LogP contribution in [0.2, 0.25) is 4.34 Å². The van der Waals surface area contributed by atoms with Crippen LogP contribution in [0.4, 0.5) is 0 Å². The molecule has 0 atom stereocenters. The number of H-pyrrole nitrogens is 1. The predicted octanol–water partition coefficient (Wildman–Crippen LogP) is 1.91. The highest BCUT2D eigenvalue weighted by atomic mass is 35.5. The van der Waals surface area contributed by atoms with E-state index in [2.05, 4.69) is 4.98 Å². The first-order valence-corrected chi connectivity index (χ1v) is 7.92. The van der Waals surface area contributed by atoms with Gasteiger partial charge in [0.1, 0.15) is 4.90 Å². The number of rotatable bonds is 4. The summed E-state index contributed by atoms with van der Waals surface area (Å²) in [6, 6.07) is 4.65. The van der Waals surface area contributed by atoms with Gasteiger partial charge in [-0.1, -0.05) is 11.6 Å². The zero-order valence-corrected chi connectivity index (χ0v) is 12.3. The van der Waals surface area contributed by atoms with E-state index in [1.54, 1.807) is 12.1 Å². The first-order chi connectivity index (χ1) is 8.91. The summed E-state index contributed by atoms with van der Waals surface area (Å²) in [5, 5.41) is 0. The fourth-order valence-corrected chi connectivity index (χ4v) is 3.92. The number of aromatic nitrogens is 1. The summed E-state index contributed by atoms with van der Waals surface area (Å²) in [6.07, 6.45) is 2.58. The van der Waals surface area contributed by atoms with E-state index in [0.29, 0.717) is 4.34 Å². The van der Waals surface area contributed by atoms with Gasteiger partial charge in [0.15, 0.2) is 0 Å². The molecule has 0 aliphatic rings. The van der Waals surface area contributed by atoms with Gasteiger partial charge in [-0.25, -0.2) is 8.42 Å². The SMILES string of the molecule is CN(Cc1ccc(Cl)s1)S(=O)(=O)c1c[nH]ccc1=O. The molecule has 0 aliphatic carbocycles. The second kappa shape index (κ2) is 5.46. The van der Waals surface area contributed by atoms with Crippen molar-refractivity contribution in [1.29, 1.82) is 0 Å². The maximum atomic E-state index is 12.2. The summed E-state index contributed by atoms with van der Waals surface area (Å²) < 4.78 is 26.2. The van der Waals surface area contributed by atoms with Crippen LogP contribution in [0.1, 0.15) is 4.88 Å². The Balaban J connectivity index is 2.30. The zero-order chi connectivity index (χ0) is 14.0. The highest BCUT2D eigenvalue weighted by molar-refractivity contribution is 7.89. The van der Waals surface area contributed by atoms with E-state index >= 15 is 0 Å². The number of nitrogens with zero attached hydrogens (tertiary/aromatic N) is 1. The first-order valence-electron chi connectivity index (χ1n) is 5.29. The lowest BCUT2D eigenvalue weighted by molar-refractivity contribution is 0.469. The molecule has 0 spiro atoms. The number of halogens is 1. The molecule has 19 heavy (non-hydrogen) atoms. The van der Waals surface area contributed by atoms with E-state index in [1.807, 2.05) is 0 Å². The van der Waals surface area contributed by atoms with Crippen molar-refractivity contribution in [3.05, 3.63) is 50.0 Å². The highest BCUT2D eigenvalue weighted by Gasteiger charge is 2.24. The summed E-state index contributed by atoms with van der Waals surface area (Å²) in [6.45, 7) is 0.175. The monoisotopic (exact) mass is 318 g/mol. The van der Waals surface area contributed by atoms with Crippen LogP contribution in [0.5, 0.6) is 0 Å². The van der Waals surface area contributed by atoms with E-state index < -0.39 is 15.5 Å². The first kappa shape index (κ1) is 14.3. The minimum absolute atomic E-state index is 0.175. The third-order valence-corrected chi connectivity index (χ3v) is 5.52. The molecule has 8 heteroatoms. The number of hydrogen-bond donors (Lipinski definition) is 1. The van der Waals surface area contributed by atoms with Crippen LogP contribution < -0.4 is 5.43 Å². The Bertz CT molecular complexity index is 736. The van der Waals surface area contributed by atoms with Crippen molar-refractivity contribution in [2.45, 2.75) is 11.4 Å². The molecule has 0 saturated carbocycles. The van der Waals surface area contributed by atoms with Crippen LogP contribution in [-0.4, -0.2) is 24.8 Å². The smallest absolute Gasteiger partial charge is 0.248 e. The fourth-order valence-electron chi connectivity index (χ4n) is 1.51. The Morgan fingerprint density at radius 3 is 2.68 bits per heavy atom. The Kier molecular flexibility index (Phi) is 4.10. The Morgan fingerprint density at radius 1 is 1.37 bits per heavy atom. The fraction of sp³-hybridized carbons (Fsp3) is 0.182. The molecular weight excluding hydrogens is 308 g/mol. The van der Waals surface area contributed by atoms with Gasteiger partial charge in [0.2, 0.25) is 15.5 Å². The molecule has 0 aromatic carbocycles. The molecule has 0 radical (unpaired) electrons. The largest absolute Gasteiger partial charge is 0.366 e. The number of aromatic amines is 1. The molecule has 0 amide bonds. The second-order valence-corrected chi connectivity index (χ2v) is 7.65. The quantitative estimate of drug-likeness (QED) is 0.936. The van der Waals surface area contributed by atoms with E-state index in [1.165, 1.54) is 36.8 Å². The third-order valence-electron chi connectivity index (χ3n) is 2.48. The molecule has 2 heterocycles. The van der Waals surface area contributed by atoms with Gasteiger partial charge in [-0.2, -0.15) is 4.31 Å². The Labute approximate surface area is 119 Å². The van der Waals surface area contributed by atoms with E-state index in [-0.39, 0.29) is 11.4 Å². The number of nitrogens with one attached hydrogen (secondary N) is 1. The summed E-state index contributed by atoms with van der Waals surface area (Å²) >= 11 is 7.10. The van der Waals surface area contributed by atoms with Crippen LogP contribution >= 0.6 is 22.9 Å². The van der Waals surface area contributed by atoms with Gasteiger partial charge in [-0.05, 0) is 12.1 Å². The van der Waals surface area contributed by atoms with Crippen molar-refractivity contribution in [1.82, 2.24) is 9.29 Å². The van der Waals surface area contributed by atoms with Crippen molar-refractivity contribution < 1.29 is 8.42 Å². The number of pyridine rings is 1. The van der Waals surface area contributed by atoms with E-state index in [4.69, 9.17) is 11.6 Å². The molecule has 0 fully saturated rings. The van der Waals surface area contributed by atoms with Crippen molar-refractivity contribution >= 4 is 33.0 Å². The molecule has 2 rings (SSSR count). The molecule has 0 bridgehead atoms. The average Bonchev–Trinajstić information content (AvgIpc) is 2.75. The summed E-state index contributed by atoms with van der Waals surface area (Å²) in [5.74, 6) is 0. The molecular formula is C11H11ClN2O3S2. The third kappa shape index (κ3) is 3.06. The van der Waals surface area contributed by atoms with Crippen molar-refractivity contribution in [3.8, 4) is 0 Å². The number of hydrogen-bond acceptors (Lipinski definition) is 4. The van der Waals surface area contributed by atoms with Crippen LogP contribution in [0.3, 0.4) is 0 Å². The van der Waals surface area contributed by atoms with Crippen LogP contribution in [-0.2, 0) is 16.6 Å². The summed E-state index contributed by atoms with van der Waals surface area (Å²) in [4.78, 5) is 14.7. The molecule has 5 nitrogen and oxygen atoms in total. The lowest BCUT2D eigenvalue weighted by Crippen LogP contribution is -2.30. The van der Waals surface area contributed by atoms with Gasteiger partial charge >= 0.3 is 0 Å². The second-order valence-electron chi connectivity index (χ2n) is 3.84. The van der Waals surface area contributed by atoms with Gasteiger partial charge < -0.3 is 4.98 Å². The maximum absolute atomic E-state index is 12.2. The van der Waals surface area contributed by atoms with Crippen LogP contribution in [0.15, 0.2) is 40.3 Å². The molecule has 0 saturated heterocycles. The van der Waals surface area contributed by atoms with Gasteiger partial charge in [-0.15, -0.1) is 11.3 Å². The van der Waals surface area contributed by atoms with Crippen molar-refractivity contribution in [3.63, 3.8) is 0 Å². The van der Waals surface area contributed by atoms with E-state index in [0.717, 1.165) is 9.18 Å². The van der Waals surface area contributed by atoms with Gasteiger partial charge in [0.05, 0.1) is 4.34 Å². The summed E-state index contributed by atoms with van der Waals surface area (Å²) in [5.41, 5.74) is -0.533. The maximum Gasteiger partial charge on any atom is 0.248 e. The molecule has 0 unspecified atom stereocenters. The van der Waals surface area contributed by atoms with E-state index in [9.17, 15) is 13.2 Å². The Morgan fingerprint density at radius 2 is 2.11 bits per heavy atom. The standard InChI is InChI=1S/C11H11ClN2O3S2/c1-14(7-8-2-3-11(12)18-8)19(16,17)10-6-13-5-4-9(10)15/h2-6H,7H2,1H3,(H,13,15). The number of sulfonamides is 1. The van der Waals surface area contributed by atoms with Gasteiger partial charge in [0.25, 0.3) is 0 Å². The molecule has 1 N–H and O–H groups in total. The molecule has 0 aliphatic heterocycles. The van der Waals surface area contributed by atoms with Crippen LogP contribution in [0.25, 0.3) is 0 Å². The van der Waals surface area contributed by atoms with Crippen molar-refractivity contribution in [2.75, 3.05) is 7.05 Å². The average molecular weight is 319 g/mol. The predicted molar refractivity (Wildman–Crippen MR) is 75.0 cm³/mol. The highest BCUT2D eigenvalue weighted by Crippen LogP contribution is 2.23. The molecule has 2 aromatic rings. The Hall–Kier alpha value is -1.15. The van der Waals surface area contributed by atoms with Gasteiger partial charge in [0, 0.05) is 36.9 Å². The lowest BCUT2D eigenvalue weighted by atomic mass is 10.5. The van der Waals surface area contributed by atoms with Gasteiger partial charge in [-0.3, -0.25) is 4.79 Å². The minimum Gasteiger partial charge on any atom is -0.366 e.